The maximum Gasteiger partial charge on any atom is 0.281 e. The molecule has 5 heteroatoms. The van der Waals surface area contributed by atoms with Crippen LogP contribution in [0.3, 0.4) is 0 Å². The van der Waals surface area contributed by atoms with Gasteiger partial charge in [-0.2, -0.15) is 0 Å². The van der Waals surface area contributed by atoms with Crippen LogP contribution < -0.4 is 0 Å². The van der Waals surface area contributed by atoms with E-state index in [-0.39, 0.29) is 10.8 Å². The van der Waals surface area contributed by atoms with E-state index in [1.807, 2.05) is 0 Å². The molecule has 11 heavy (non-hydrogen) atoms. The third kappa shape index (κ3) is 1.77. The van der Waals surface area contributed by atoms with E-state index in [4.69, 9.17) is 16.7 Å². The van der Waals surface area contributed by atoms with E-state index in [0.717, 1.165) is 12.3 Å². The number of nitrogens with zero attached hydrogens (tertiary/aromatic N) is 1. The van der Waals surface area contributed by atoms with Gasteiger partial charge in [0, 0.05) is 6.07 Å². The molecule has 1 heterocycles. The maximum absolute atomic E-state index is 11.9. The summed E-state index contributed by atoms with van der Waals surface area (Å²) in [7, 11) is 0. The smallest absolute Gasteiger partial charge is 0.281 e. The molecule has 1 aromatic rings. The van der Waals surface area contributed by atoms with Crippen LogP contribution in [0.4, 0.5) is 8.78 Å². The molecular weight excluding hydrogens is 176 g/mol. The van der Waals surface area contributed by atoms with Crippen molar-refractivity contribution in [2.45, 2.75) is 6.43 Å². The van der Waals surface area contributed by atoms with Crippen LogP contribution in [0.5, 0.6) is 5.75 Å². The van der Waals surface area contributed by atoms with Gasteiger partial charge < -0.3 is 5.11 Å². The quantitative estimate of drug-likeness (QED) is 0.718. The molecule has 0 radical (unpaired) electrons. The van der Waals surface area contributed by atoms with Crippen LogP contribution in [-0.4, -0.2) is 10.1 Å². The third-order valence-corrected chi connectivity index (χ3v) is 1.36. The molecule has 0 fully saturated rings. The van der Waals surface area contributed by atoms with Crippen LogP contribution in [0, 0.1) is 0 Å². The molecule has 1 rings (SSSR count). The Labute approximate surface area is 66.4 Å². The zero-order chi connectivity index (χ0) is 8.43. The van der Waals surface area contributed by atoms with Gasteiger partial charge >= 0.3 is 0 Å². The molecule has 0 aliphatic heterocycles. The van der Waals surface area contributed by atoms with E-state index in [1.165, 1.54) is 0 Å². The van der Waals surface area contributed by atoms with Crippen LogP contribution >= 0.6 is 11.6 Å². The van der Waals surface area contributed by atoms with Gasteiger partial charge in [0.05, 0.1) is 11.2 Å². The Balaban J connectivity index is 3.09. The van der Waals surface area contributed by atoms with Gasteiger partial charge in [0.2, 0.25) is 0 Å². The van der Waals surface area contributed by atoms with E-state index in [9.17, 15) is 8.78 Å². The molecule has 0 amide bonds. The van der Waals surface area contributed by atoms with Crippen molar-refractivity contribution in [3.05, 3.63) is 23.0 Å². The molecule has 0 aliphatic carbocycles. The van der Waals surface area contributed by atoms with Crippen molar-refractivity contribution in [2.75, 3.05) is 0 Å². The van der Waals surface area contributed by atoms with Gasteiger partial charge in [-0.05, 0) is 0 Å². The Hall–Kier alpha value is -0.900. The molecule has 1 aromatic heterocycles. The number of alkyl halides is 2. The summed E-state index contributed by atoms with van der Waals surface area (Å²) in [4.78, 5) is 3.25. The monoisotopic (exact) mass is 179 g/mol. The molecule has 0 bridgehead atoms. The number of hydrogen-bond acceptors (Lipinski definition) is 2. The van der Waals surface area contributed by atoms with Crippen molar-refractivity contribution in [2.24, 2.45) is 0 Å². The van der Waals surface area contributed by atoms with Gasteiger partial charge in [-0.3, -0.25) is 0 Å². The Bertz CT molecular complexity index is 267. The van der Waals surface area contributed by atoms with Crippen LogP contribution in [0.1, 0.15) is 12.1 Å². The van der Waals surface area contributed by atoms with Gasteiger partial charge in [0.1, 0.15) is 11.4 Å². The summed E-state index contributed by atoms with van der Waals surface area (Å²) in [5.41, 5.74) is -0.510. The first-order valence-corrected chi connectivity index (χ1v) is 3.11. The van der Waals surface area contributed by atoms with E-state index >= 15 is 0 Å². The minimum Gasteiger partial charge on any atom is -0.506 e. The fourth-order valence-electron chi connectivity index (χ4n) is 0.599. The molecule has 0 unspecified atom stereocenters. The normalized spacial score (nSPS) is 10.5. The summed E-state index contributed by atoms with van der Waals surface area (Å²) in [6.45, 7) is 0. The largest absolute Gasteiger partial charge is 0.506 e. The number of aromatic nitrogens is 1. The van der Waals surface area contributed by atoms with Crippen LogP contribution in [0.25, 0.3) is 0 Å². The summed E-state index contributed by atoms with van der Waals surface area (Å²) in [6.07, 6.45) is -1.78. The van der Waals surface area contributed by atoms with Gasteiger partial charge in [-0.25, -0.2) is 13.8 Å². The standard InChI is InChI=1S/C6H4ClF2NO/c7-4-1-3(11)2-10-5(4)6(8)9/h1-2,6,11H. The van der Waals surface area contributed by atoms with Crippen LogP contribution in [0.2, 0.25) is 5.02 Å². The second kappa shape index (κ2) is 3.00. The van der Waals surface area contributed by atoms with Crippen molar-refractivity contribution in [1.29, 1.82) is 0 Å². The number of rotatable bonds is 1. The van der Waals surface area contributed by atoms with E-state index < -0.39 is 12.1 Å². The summed E-state index contributed by atoms with van der Waals surface area (Å²) < 4.78 is 23.9. The van der Waals surface area contributed by atoms with Gasteiger partial charge in [-0.1, -0.05) is 11.6 Å². The van der Waals surface area contributed by atoms with E-state index in [0.29, 0.717) is 0 Å². The topological polar surface area (TPSA) is 33.1 Å². The Morgan fingerprint density at radius 1 is 1.55 bits per heavy atom. The van der Waals surface area contributed by atoms with Gasteiger partial charge in [0.15, 0.2) is 0 Å². The minimum atomic E-state index is -2.71. The molecule has 60 valence electrons. The zero-order valence-electron chi connectivity index (χ0n) is 5.26. The van der Waals surface area contributed by atoms with Crippen molar-refractivity contribution >= 4 is 11.6 Å². The first-order chi connectivity index (χ1) is 5.11. The van der Waals surface area contributed by atoms with Gasteiger partial charge in [-0.15, -0.1) is 0 Å². The second-order valence-electron chi connectivity index (χ2n) is 1.86. The lowest BCUT2D eigenvalue weighted by molar-refractivity contribution is 0.146. The molecule has 2 nitrogen and oxygen atoms in total. The lowest BCUT2D eigenvalue weighted by Crippen LogP contribution is -1.89. The fourth-order valence-corrected chi connectivity index (χ4v) is 0.842. The Morgan fingerprint density at radius 3 is 2.64 bits per heavy atom. The number of pyridine rings is 1. The summed E-state index contributed by atoms with van der Waals surface area (Å²) >= 11 is 5.32. The Morgan fingerprint density at radius 2 is 2.18 bits per heavy atom. The Kier molecular flexibility index (Phi) is 2.24. The average molecular weight is 180 g/mol. The molecule has 0 atom stereocenters. The predicted octanol–water partition coefficient (Wildman–Crippen LogP) is 2.38. The molecule has 0 saturated heterocycles. The highest BCUT2D eigenvalue weighted by Gasteiger charge is 2.13. The van der Waals surface area contributed by atoms with Crippen LogP contribution in [0.15, 0.2) is 12.3 Å². The third-order valence-electron chi connectivity index (χ3n) is 1.06. The average Bonchev–Trinajstić information content (AvgIpc) is 1.85. The highest BCUT2D eigenvalue weighted by Crippen LogP contribution is 2.26. The number of hydrogen-bond donors (Lipinski definition) is 1. The zero-order valence-corrected chi connectivity index (χ0v) is 6.02. The molecule has 0 aromatic carbocycles. The lowest BCUT2D eigenvalue weighted by Gasteiger charge is -2.00. The van der Waals surface area contributed by atoms with Crippen molar-refractivity contribution in [3.8, 4) is 5.75 Å². The van der Waals surface area contributed by atoms with Crippen molar-refractivity contribution in [3.63, 3.8) is 0 Å². The summed E-state index contributed by atoms with van der Waals surface area (Å²) in [5.74, 6) is -0.223. The molecule has 0 spiro atoms. The van der Waals surface area contributed by atoms with E-state index in [1.54, 1.807) is 0 Å². The van der Waals surface area contributed by atoms with Gasteiger partial charge in [0.25, 0.3) is 6.43 Å². The minimum absolute atomic E-state index is 0.222. The molecule has 0 saturated carbocycles. The predicted molar refractivity (Wildman–Crippen MR) is 35.9 cm³/mol. The SMILES string of the molecule is Oc1cnc(C(F)F)c(Cl)c1. The molecular formula is C6H4ClF2NO. The molecule has 1 N–H and O–H groups in total. The summed E-state index contributed by atoms with van der Waals surface area (Å²) in [5, 5.41) is 8.51. The van der Waals surface area contributed by atoms with Crippen molar-refractivity contribution < 1.29 is 13.9 Å². The van der Waals surface area contributed by atoms with Crippen LogP contribution in [-0.2, 0) is 0 Å². The highest BCUT2D eigenvalue weighted by molar-refractivity contribution is 6.31. The second-order valence-corrected chi connectivity index (χ2v) is 2.27. The molecule has 0 aliphatic rings. The maximum atomic E-state index is 11.9. The summed E-state index contributed by atoms with van der Waals surface area (Å²) in [6, 6.07) is 1.02. The highest BCUT2D eigenvalue weighted by atomic mass is 35.5. The number of halogens is 3. The first-order valence-electron chi connectivity index (χ1n) is 2.74. The first kappa shape index (κ1) is 8.20. The van der Waals surface area contributed by atoms with Crippen molar-refractivity contribution in [1.82, 2.24) is 4.98 Å². The number of aromatic hydroxyl groups is 1. The lowest BCUT2D eigenvalue weighted by atomic mass is 10.3. The fraction of sp³-hybridized carbons (Fsp3) is 0.167. The van der Waals surface area contributed by atoms with E-state index in [2.05, 4.69) is 4.98 Å².